The number of hydrogen-bond acceptors (Lipinski definition) is 4. The summed E-state index contributed by atoms with van der Waals surface area (Å²) in [6.45, 7) is 4.15. The first kappa shape index (κ1) is 18.1. The van der Waals surface area contributed by atoms with Gasteiger partial charge in [-0.3, -0.25) is 9.48 Å². The van der Waals surface area contributed by atoms with Gasteiger partial charge in [-0.15, -0.1) is 0 Å². The highest BCUT2D eigenvalue weighted by Crippen LogP contribution is 2.27. The fourth-order valence-electron chi connectivity index (χ4n) is 2.42. The number of carbonyl (C=O) groups excluding carboxylic acids is 1. The van der Waals surface area contributed by atoms with Crippen molar-refractivity contribution in [1.82, 2.24) is 15.1 Å². The van der Waals surface area contributed by atoms with Crippen LogP contribution in [0.25, 0.3) is 0 Å². The Hall–Kier alpha value is -2.21. The minimum absolute atomic E-state index is 0.0988. The highest BCUT2D eigenvalue weighted by Gasteiger charge is 2.18. The van der Waals surface area contributed by atoms with Gasteiger partial charge >= 0.3 is 0 Å². The lowest BCUT2D eigenvalue weighted by molar-refractivity contribution is -0.124. The van der Waals surface area contributed by atoms with Crippen LogP contribution in [0.2, 0.25) is 5.02 Å². The van der Waals surface area contributed by atoms with Crippen molar-refractivity contribution in [3.63, 3.8) is 0 Å². The van der Waals surface area contributed by atoms with Gasteiger partial charge in [0.25, 0.3) is 0 Å². The molecule has 0 aliphatic heterocycles. The van der Waals surface area contributed by atoms with E-state index < -0.39 is 6.04 Å². The molecule has 1 unspecified atom stereocenters. The molecule has 0 saturated heterocycles. The quantitative estimate of drug-likeness (QED) is 0.833. The number of ether oxygens (including phenoxy) is 2. The van der Waals surface area contributed by atoms with E-state index in [9.17, 15) is 4.79 Å². The van der Waals surface area contributed by atoms with Crippen molar-refractivity contribution in [2.45, 2.75) is 26.3 Å². The maximum absolute atomic E-state index is 12.3. The molecule has 0 fully saturated rings. The summed E-state index contributed by atoms with van der Waals surface area (Å²) < 4.78 is 12.1. The molecule has 130 valence electrons. The van der Waals surface area contributed by atoms with Gasteiger partial charge < -0.3 is 14.8 Å². The van der Waals surface area contributed by atoms with Crippen molar-refractivity contribution in [2.75, 3.05) is 20.8 Å². The number of benzene rings is 1. The van der Waals surface area contributed by atoms with Crippen LogP contribution >= 0.6 is 11.6 Å². The predicted octanol–water partition coefficient (Wildman–Crippen LogP) is 2.78. The number of amides is 1. The largest absolute Gasteiger partial charge is 0.493 e. The van der Waals surface area contributed by atoms with Gasteiger partial charge in [0.15, 0.2) is 11.5 Å². The van der Waals surface area contributed by atoms with E-state index in [-0.39, 0.29) is 5.91 Å². The van der Waals surface area contributed by atoms with Gasteiger partial charge in [0, 0.05) is 6.54 Å². The summed E-state index contributed by atoms with van der Waals surface area (Å²) in [5, 5.41) is 7.61. The van der Waals surface area contributed by atoms with Crippen LogP contribution in [-0.2, 0) is 11.2 Å². The molecule has 2 aromatic rings. The monoisotopic (exact) mass is 351 g/mol. The summed E-state index contributed by atoms with van der Waals surface area (Å²) in [6, 6.07) is 5.30. The molecule has 1 aromatic carbocycles. The Bertz CT molecular complexity index is 715. The van der Waals surface area contributed by atoms with Gasteiger partial charge in [0.2, 0.25) is 5.91 Å². The number of halogens is 1. The molecule has 1 heterocycles. The van der Waals surface area contributed by atoms with Crippen LogP contribution < -0.4 is 14.8 Å². The summed E-state index contributed by atoms with van der Waals surface area (Å²) in [5.74, 6) is 1.26. The summed E-state index contributed by atoms with van der Waals surface area (Å²) in [4.78, 5) is 12.3. The van der Waals surface area contributed by atoms with Crippen molar-refractivity contribution >= 4 is 17.5 Å². The summed E-state index contributed by atoms with van der Waals surface area (Å²) >= 11 is 5.98. The average Bonchev–Trinajstić information content (AvgIpc) is 2.93. The Balaban J connectivity index is 1.92. The molecule has 1 aromatic heterocycles. The van der Waals surface area contributed by atoms with Crippen LogP contribution in [0.4, 0.5) is 0 Å². The van der Waals surface area contributed by atoms with Gasteiger partial charge in [-0.05, 0) is 38.0 Å². The van der Waals surface area contributed by atoms with Gasteiger partial charge in [-0.25, -0.2) is 0 Å². The number of nitrogens with zero attached hydrogens (tertiary/aromatic N) is 2. The van der Waals surface area contributed by atoms with Crippen LogP contribution in [0.3, 0.4) is 0 Å². The molecule has 0 aliphatic rings. The van der Waals surface area contributed by atoms with E-state index in [0.717, 1.165) is 11.3 Å². The molecule has 1 N–H and O–H groups in total. The molecule has 1 amide bonds. The Labute approximate surface area is 146 Å². The average molecular weight is 352 g/mol. The van der Waals surface area contributed by atoms with E-state index in [1.807, 2.05) is 25.1 Å². The molecule has 1 atom stereocenters. The van der Waals surface area contributed by atoms with E-state index in [1.165, 1.54) is 0 Å². The topological polar surface area (TPSA) is 65.4 Å². The molecule has 0 saturated carbocycles. The Kier molecular flexibility index (Phi) is 6.09. The van der Waals surface area contributed by atoms with Gasteiger partial charge in [0.05, 0.1) is 31.1 Å². The van der Waals surface area contributed by atoms with Crippen LogP contribution in [-0.4, -0.2) is 36.5 Å². The second-order valence-electron chi connectivity index (χ2n) is 5.43. The Morgan fingerprint density at radius 2 is 2.04 bits per heavy atom. The fourth-order valence-corrected chi connectivity index (χ4v) is 2.55. The number of rotatable bonds is 7. The lowest BCUT2D eigenvalue weighted by Gasteiger charge is -2.15. The van der Waals surface area contributed by atoms with E-state index in [4.69, 9.17) is 21.1 Å². The van der Waals surface area contributed by atoms with Crippen molar-refractivity contribution in [2.24, 2.45) is 0 Å². The highest BCUT2D eigenvalue weighted by atomic mass is 35.5. The maximum Gasteiger partial charge on any atom is 0.244 e. The molecular formula is C17H22ClN3O3. The van der Waals surface area contributed by atoms with Crippen molar-refractivity contribution in [3.8, 4) is 11.5 Å². The number of aromatic nitrogens is 2. The third kappa shape index (κ3) is 4.00. The Morgan fingerprint density at radius 3 is 2.62 bits per heavy atom. The molecule has 2 rings (SSSR count). The first-order valence-electron chi connectivity index (χ1n) is 7.66. The molecule has 0 spiro atoms. The maximum atomic E-state index is 12.3. The lowest BCUT2D eigenvalue weighted by atomic mass is 10.1. The summed E-state index contributed by atoms with van der Waals surface area (Å²) in [7, 11) is 3.20. The van der Waals surface area contributed by atoms with Crippen LogP contribution in [0.5, 0.6) is 11.5 Å². The molecule has 6 nitrogen and oxygen atoms in total. The van der Waals surface area contributed by atoms with Crippen LogP contribution in [0.15, 0.2) is 24.4 Å². The zero-order chi connectivity index (χ0) is 17.7. The zero-order valence-electron chi connectivity index (χ0n) is 14.3. The van der Waals surface area contributed by atoms with Crippen molar-refractivity contribution in [3.05, 3.63) is 40.7 Å². The predicted molar refractivity (Wildman–Crippen MR) is 92.9 cm³/mol. The van der Waals surface area contributed by atoms with Crippen molar-refractivity contribution in [1.29, 1.82) is 0 Å². The van der Waals surface area contributed by atoms with Crippen LogP contribution in [0.1, 0.15) is 24.2 Å². The van der Waals surface area contributed by atoms with Crippen LogP contribution in [0, 0.1) is 6.92 Å². The second-order valence-corrected chi connectivity index (χ2v) is 5.84. The third-order valence-electron chi connectivity index (χ3n) is 3.89. The number of hydrogen-bond donors (Lipinski definition) is 1. The minimum Gasteiger partial charge on any atom is -0.493 e. The number of nitrogens with one attached hydrogen (secondary N) is 1. The normalized spacial score (nSPS) is 11.9. The first-order chi connectivity index (χ1) is 11.5. The number of methoxy groups -OCH3 is 2. The highest BCUT2D eigenvalue weighted by molar-refractivity contribution is 6.31. The van der Waals surface area contributed by atoms with E-state index in [2.05, 4.69) is 10.4 Å². The number of carbonyl (C=O) groups is 1. The van der Waals surface area contributed by atoms with E-state index in [0.29, 0.717) is 29.5 Å². The van der Waals surface area contributed by atoms with Crippen molar-refractivity contribution < 1.29 is 14.3 Å². The third-order valence-corrected chi connectivity index (χ3v) is 4.26. The zero-order valence-corrected chi connectivity index (χ0v) is 15.1. The molecule has 7 heteroatoms. The summed E-state index contributed by atoms with van der Waals surface area (Å²) in [5.41, 5.74) is 1.83. The molecule has 24 heavy (non-hydrogen) atoms. The van der Waals surface area contributed by atoms with E-state index in [1.54, 1.807) is 32.0 Å². The first-order valence-corrected chi connectivity index (χ1v) is 8.04. The SMILES string of the molecule is COc1ccc(CCNC(=O)C(C)n2ncc(Cl)c2C)cc1OC. The van der Waals surface area contributed by atoms with Gasteiger partial charge in [-0.2, -0.15) is 5.10 Å². The lowest BCUT2D eigenvalue weighted by Crippen LogP contribution is -2.33. The molecule has 0 bridgehead atoms. The Morgan fingerprint density at radius 1 is 1.33 bits per heavy atom. The molecule has 0 radical (unpaired) electrons. The van der Waals surface area contributed by atoms with E-state index >= 15 is 0 Å². The summed E-state index contributed by atoms with van der Waals surface area (Å²) in [6.07, 6.45) is 2.24. The van der Waals surface area contributed by atoms with Gasteiger partial charge in [-0.1, -0.05) is 17.7 Å². The molecular weight excluding hydrogens is 330 g/mol. The smallest absolute Gasteiger partial charge is 0.244 e. The second kappa shape index (κ2) is 8.06. The van der Waals surface area contributed by atoms with Gasteiger partial charge in [0.1, 0.15) is 6.04 Å². The molecule has 0 aliphatic carbocycles. The fraction of sp³-hybridized carbons (Fsp3) is 0.412. The minimum atomic E-state index is -0.414. The standard InChI is InChI=1S/C17H22ClN3O3/c1-11-14(18)10-20-21(11)12(2)17(22)19-8-7-13-5-6-15(23-3)16(9-13)24-4/h5-6,9-10,12H,7-8H2,1-4H3,(H,19,22).